The van der Waals surface area contributed by atoms with Crippen molar-refractivity contribution in [3.05, 3.63) is 35.0 Å². The Labute approximate surface area is 349 Å². The van der Waals surface area contributed by atoms with Crippen LogP contribution in [0.1, 0.15) is 138 Å². The minimum atomic E-state index is -1.18. The van der Waals surface area contributed by atoms with Crippen LogP contribution in [0.15, 0.2) is 28.0 Å². The average molecular weight is 812 g/mol. The lowest BCUT2D eigenvalue weighted by Gasteiger charge is -2.72. The van der Waals surface area contributed by atoms with Crippen molar-refractivity contribution < 1.29 is 28.6 Å². The molecule has 1 N–H and O–H groups in total. The molecule has 13 heteroatoms. The number of allylic oxidation sites excluding steroid dienone is 2. The second-order valence-electron chi connectivity index (χ2n) is 21.2. The molecule has 2 aromatic rings. The fraction of sp³-hybridized carbons (Fsp3) is 0.739. The first-order valence-corrected chi connectivity index (χ1v) is 21.7. The van der Waals surface area contributed by atoms with E-state index < -0.39 is 22.8 Å². The number of carbonyl (C=O) groups is 3. The number of ether oxygens (including phenoxy) is 1. The van der Waals surface area contributed by atoms with Crippen molar-refractivity contribution in [2.45, 2.75) is 138 Å². The minimum Gasteiger partial charge on any atom is -0.481 e. The quantitative estimate of drug-likeness (QED) is 0.216. The van der Waals surface area contributed by atoms with Gasteiger partial charge < -0.3 is 19.2 Å². The monoisotopic (exact) mass is 811 g/mol. The number of carboxylic acid groups (broad SMARTS) is 1. The average Bonchev–Trinajstić information content (AvgIpc) is 3.76. The summed E-state index contributed by atoms with van der Waals surface area (Å²) in [6, 6.07) is 2.36. The molecule has 5 aliphatic rings. The first-order chi connectivity index (χ1) is 27.6. The number of carbonyl (C=O) groups excluding carboxylic acids is 2. The Morgan fingerprint density at radius 1 is 0.966 bits per heavy atom. The smallest absolute Gasteiger partial charge is 0.325 e. The Kier molecular flexibility index (Phi) is 10.7. The number of nitriles is 1. The van der Waals surface area contributed by atoms with Gasteiger partial charge in [0, 0.05) is 24.9 Å². The van der Waals surface area contributed by atoms with Gasteiger partial charge in [0.05, 0.1) is 35.2 Å². The lowest BCUT2D eigenvalue weighted by atomic mass is 9.33. The highest BCUT2D eigenvalue weighted by molar-refractivity contribution is 6.01. The molecule has 0 aromatic carbocycles. The van der Waals surface area contributed by atoms with Gasteiger partial charge in [-0.2, -0.15) is 5.26 Å². The van der Waals surface area contributed by atoms with E-state index in [0.29, 0.717) is 48.7 Å². The highest BCUT2D eigenvalue weighted by Crippen LogP contribution is 2.77. The Bertz CT molecular complexity index is 2070. The summed E-state index contributed by atoms with van der Waals surface area (Å²) in [6.45, 7) is 20.7. The molecular formula is C46H65N7O6. The third kappa shape index (κ3) is 6.70. The van der Waals surface area contributed by atoms with Gasteiger partial charge in [-0.25, -0.2) is 9.97 Å². The Morgan fingerprint density at radius 2 is 1.66 bits per heavy atom. The molecule has 0 amide bonds. The Balaban J connectivity index is 1.21. The first kappa shape index (κ1) is 42.9. The molecule has 59 heavy (non-hydrogen) atoms. The van der Waals surface area contributed by atoms with Crippen LogP contribution in [0.3, 0.4) is 0 Å². The van der Waals surface area contributed by atoms with E-state index in [-0.39, 0.29) is 57.8 Å². The van der Waals surface area contributed by atoms with Gasteiger partial charge in [0.1, 0.15) is 12.2 Å². The normalized spacial score (nSPS) is 33.8. The molecule has 4 fully saturated rings. The number of Topliss-reactive ketones (excluding diaryl/α,β-unsaturated/α-hetero) is 1. The lowest BCUT2D eigenvalue weighted by Crippen LogP contribution is -2.66. The van der Waals surface area contributed by atoms with Crippen molar-refractivity contribution in [1.29, 1.82) is 5.26 Å². The Morgan fingerprint density at radius 3 is 2.29 bits per heavy atom. The van der Waals surface area contributed by atoms with E-state index in [9.17, 15) is 24.8 Å². The molecule has 0 radical (unpaired) electrons. The fourth-order valence-electron chi connectivity index (χ4n) is 13.3. The van der Waals surface area contributed by atoms with E-state index in [0.717, 1.165) is 56.9 Å². The number of fused-ring (bicyclic) bond motifs is 7. The zero-order chi connectivity index (χ0) is 43.1. The van der Waals surface area contributed by atoms with Crippen LogP contribution in [-0.4, -0.2) is 81.2 Å². The van der Waals surface area contributed by atoms with E-state index in [1.807, 2.05) is 14.1 Å². The van der Waals surface area contributed by atoms with Crippen LogP contribution < -0.4 is 4.90 Å². The molecular weight excluding hydrogens is 747 g/mol. The maximum atomic E-state index is 14.4. The van der Waals surface area contributed by atoms with Crippen molar-refractivity contribution >= 4 is 29.7 Å². The van der Waals surface area contributed by atoms with Crippen LogP contribution in [0.2, 0.25) is 0 Å². The number of hydrogen-bond donors (Lipinski definition) is 1. The number of ketones is 1. The number of esters is 1. The predicted molar refractivity (Wildman–Crippen MR) is 221 cm³/mol. The van der Waals surface area contributed by atoms with Gasteiger partial charge in [-0.1, -0.05) is 53.6 Å². The van der Waals surface area contributed by atoms with Crippen molar-refractivity contribution in [2.24, 2.45) is 50.7 Å². The van der Waals surface area contributed by atoms with Crippen LogP contribution in [0.4, 0.5) is 12.0 Å². The number of aromatic nitrogens is 4. The molecule has 7 rings (SSSR count). The van der Waals surface area contributed by atoms with E-state index in [1.165, 1.54) is 18.0 Å². The van der Waals surface area contributed by atoms with Crippen molar-refractivity contribution in [3.8, 4) is 6.07 Å². The minimum absolute atomic E-state index is 0.00489. The SMILES string of the molecule is CC(C)C1=C2[C@H]3CC[C@@H]4[C@@]5(C)CC[C@H](OC(=O)CC(C)(C)C(=O)O)C(C)(C)[C@@H]5CC[C@@]4(C)[C@]3(C)CC[C@@]2(c2nnc(N(CCN(C)C)c3ncc(C#N)cn3)o2)CC1=O. The standard InChI is InChI=1S/C46H65N7O6/c1-27(2)35-30(54)22-46(37-50-51-40(59-37)53(21-20-52(10)11)39-48-25-28(24-47)26-49-39)19-18-44(8)29(36(35)46)12-13-32-43(7)16-15-33(58-34(55)23-41(3,4)38(56)57)42(5,6)31(43)14-17-45(32,44)9/h25-27,29,31-33H,12-23H2,1-11H3,(H,56,57)/t29-,31+,32-,33+,43+,44-,45-,46-/m1/s1. The fourth-order valence-corrected chi connectivity index (χ4v) is 13.3. The molecule has 2 heterocycles. The van der Waals surface area contributed by atoms with Gasteiger partial charge in [-0.15, -0.1) is 5.10 Å². The second-order valence-corrected chi connectivity index (χ2v) is 21.2. The van der Waals surface area contributed by atoms with Crippen LogP contribution in [0.5, 0.6) is 0 Å². The van der Waals surface area contributed by atoms with Crippen molar-refractivity contribution in [1.82, 2.24) is 25.1 Å². The summed E-state index contributed by atoms with van der Waals surface area (Å²) in [7, 11) is 3.98. The summed E-state index contributed by atoms with van der Waals surface area (Å²) in [4.78, 5) is 52.1. The maximum absolute atomic E-state index is 14.4. The Hall–Kier alpha value is -4.18. The molecule has 8 atom stereocenters. The van der Waals surface area contributed by atoms with Crippen LogP contribution in [0, 0.1) is 62.1 Å². The van der Waals surface area contributed by atoms with E-state index >= 15 is 0 Å². The topological polar surface area (TPSA) is 176 Å². The van der Waals surface area contributed by atoms with E-state index in [4.69, 9.17) is 14.3 Å². The number of carboxylic acids is 1. The van der Waals surface area contributed by atoms with Gasteiger partial charge in [0.25, 0.3) is 0 Å². The maximum Gasteiger partial charge on any atom is 0.325 e. The first-order valence-electron chi connectivity index (χ1n) is 21.7. The molecule has 13 nitrogen and oxygen atoms in total. The number of rotatable bonds is 11. The highest BCUT2D eigenvalue weighted by atomic mass is 16.5. The zero-order valence-corrected chi connectivity index (χ0v) is 37.1. The second kappa shape index (κ2) is 14.8. The lowest BCUT2D eigenvalue weighted by molar-refractivity contribution is -0.232. The summed E-state index contributed by atoms with van der Waals surface area (Å²) in [5.74, 6) is 0.595. The van der Waals surface area contributed by atoms with Crippen LogP contribution >= 0.6 is 0 Å². The van der Waals surface area contributed by atoms with E-state index in [1.54, 1.807) is 18.7 Å². The largest absolute Gasteiger partial charge is 0.481 e. The summed E-state index contributed by atoms with van der Waals surface area (Å²) in [6.07, 6.45) is 10.3. The van der Waals surface area contributed by atoms with Crippen LogP contribution in [-0.2, 0) is 24.5 Å². The molecule has 0 aliphatic heterocycles. The molecule has 0 spiro atoms. The van der Waals surface area contributed by atoms with Gasteiger partial charge in [-0.05, 0) is 130 Å². The molecule has 2 aromatic heterocycles. The summed E-state index contributed by atoms with van der Waals surface area (Å²) < 4.78 is 12.9. The third-order valence-electron chi connectivity index (χ3n) is 16.6. The molecule has 0 unspecified atom stereocenters. The van der Waals surface area contributed by atoms with Gasteiger partial charge in [0.15, 0.2) is 5.78 Å². The highest BCUT2D eigenvalue weighted by Gasteiger charge is 2.71. The van der Waals surface area contributed by atoms with Gasteiger partial charge >= 0.3 is 18.0 Å². The molecule has 0 saturated heterocycles. The van der Waals surface area contributed by atoms with Crippen molar-refractivity contribution in [3.63, 3.8) is 0 Å². The summed E-state index contributed by atoms with van der Waals surface area (Å²) in [5.41, 5.74) is 0.314. The molecule has 5 aliphatic carbocycles. The number of hydrogen-bond acceptors (Lipinski definition) is 12. The molecule has 4 saturated carbocycles. The summed E-state index contributed by atoms with van der Waals surface area (Å²) >= 11 is 0. The van der Waals surface area contributed by atoms with Crippen LogP contribution in [0.25, 0.3) is 0 Å². The molecule has 320 valence electrons. The van der Waals surface area contributed by atoms with Gasteiger partial charge in [0.2, 0.25) is 11.8 Å². The number of aliphatic carboxylic acids is 1. The third-order valence-corrected chi connectivity index (χ3v) is 16.6. The van der Waals surface area contributed by atoms with E-state index in [2.05, 4.69) is 74.5 Å². The van der Waals surface area contributed by atoms with Gasteiger partial charge in [-0.3, -0.25) is 19.3 Å². The number of anilines is 2. The number of likely N-dealkylation sites (N-methyl/N-ethyl adjacent to an activating group) is 1. The molecule has 0 bridgehead atoms. The zero-order valence-electron chi connectivity index (χ0n) is 37.1. The summed E-state index contributed by atoms with van der Waals surface area (Å²) in [5, 5.41) is 28.4. The number of nitrogens with zero attached hydrogens (tertiary/aromatic N) is 7. The predicted octanol–water partition coefficient (Wildman–Crippen LogP) is 8.08. The van der Waals surface area contributed by atoms with Crippen molar-refractivity contribution in [2.75, 3.05) is 32.1 Å².